The molecule has 45 heavy (non-hydrogen) atoms. The largest absolute Gasteiger partial charge is 0.416 e. The van der Waals surface area contributed by atoms with E-state index in [9.17, 15) is 44.3 Å². The third kappa shape index (κ3) is 9.54. The van der Waals surface area contributed by atoms with Gasteiger partial charge in [-0.25, -0.2) is 4.72 Å². The van der Waals surface area contributed by atoms with E-state index in [-0.39, 0.29) is 49.0 Å². The molecule has 4 rings (SSSR count). The topological polar surface area (TPSA) is 95.6 Å². The molecule has 0 unspecified atom stereocenters. The molecule has 0 radical (unpaired) electrons. The van der Waals surface area contributed by atoms with E-state index in [4.69, 9.17) is 0 Å². The highest BCUT2D eigenvalue weighted by molar-refractivity contribution is 7.87. The minimum atomic E-state index is -5.21. The molecule has 7 nitrogen and oxygen atoms in total. The van der Waals surface area contributed by atoms with Crippen molar-refractivity contribution in [1.29, 1.82) is 0 Å². The maximum Gasteiger partial charge on any atom is 0.416 e. The van der Waals surface area contributed by atoms with Crippen molar-refractivity contribution in [3.63, 3.8) is 0 Å². The van der Waals surface area contributed by atoms with Gasteiger partial charge in [0.2, 0.25) is 0 Å². The summed E-state index contributed by atoms with van der Waals surface area (Å²) >= 11 is 0. The molecule has 242 valence electrons. The fourth-order valence-electron chi connectivity index (χ4n) is 5.20. The van der Waals surface area contributed by atoms with Crippen LogP contribution in [0.15, 0.2) is 78.9 Å². The summed E-state index contributed by atoms with van der Waals surface area (Å²) in [7, 11) is -4.72. The van der Waals surface area contributed by atoms with Gasteiger partial charge in [-0.05, 0) is 73.4 Å². The smallest absolute Gasteiger partial charge is 0.352 e. The zero-order valence-corrected chi connectivity index (χ0v) is 24.7. The van der Waals surface area contributed by atoms with Gasteiger partial charge in [-0.2, -0.15) is 39.1 Å². The molecule has 2 amide bonds. The molecule has 0 heterocycles. The lowest BCUT2D eigenvalue weighted by molar-refractivity contribution is -0.143. The monoisotopic (exact) mass is 655 g/mol. The van der Waals surface area contributed by atoms with Crippen LogP contribution < -0.4 is 10.0 Å². The Morgan fingerprint density at radius 1 is 0.711 bits per heavy atom. The summed E-state index contributed by atoms with van der Waals surface area (Å²) in [5, 5.41) is 2.91. The number of alkyl halides is 6. The van der Waals surface area contributed by atoms with Crippen molar-refractivity contribution in [3.8, 4) is 0 Å². The number of amides is 2. The molecule has 3 aromatic carbocycles. The van der Waals surface area contributed by atoms with Crippen molar-refractivity contribution in [2.75, 3.05) is 13.1 Å². The molecule has 1 saturated carbocycles. The van der Waals surface area contributed by atoms with Crippen molar-refractivity contribution >= 4 is 22.0 Å². The number of hydrogen-bond donors (Lipinski definition) is 2. The Kier molecular flexibility index (Phi) is 10.6. The lowest BCUT2D eigenvalue weighted by Crippen LogP contribution is -2.45. The van der Waals surface area contributed by atoms with Gasteiger partial charge in [0.25, 0.3) is 11.8 Å². The molecule has 0 spiro atoms. The Labute approximate surface area is 256 Å². The molecular formula is C31H31F6N3O4S. The van der Waals surface area contributed by atoms with Gasteiger partial charge in [-0.15, -0.1) is 0 Å². The number of carbonyl (C=O) groups excluding carboxylic acids is 2. The SMILES string of the molecule is O=C(NCC1CCC(CN(Cc2ccccc2)S(=O)(=O)NC(=O)c2cc(C(F)(F)F)cc(C(F)(F)F)c2)CC1)c1ccccc1. The lowest BCUT2D eigenvalue weighted by atomic mass is 9.82. The van der Waals surface area contributed by atoms with Crippen LogP contribution in [0.5, 0.6) is 0 Å². The number of rotatable bonds is 10. The minimum absolute atomic E-state index is 0.0446. The molecule has 1 fully saturated rings. The molecule has 1 aliphatic rings. The van der Waals surface area contributed by atoms with Crippen molar-refractivity contribution in [1.82, 2.24) is 14.3 Å². The van der Waals surface area contributed by atoms with Crippen LogP contribution in [0.1, 0.15) is 63.1 Å². The van der Waals surface area contributed by atoms with Gasteiger partial charge < -0.3 is 5.32 Å². The van der Waals surface area contributed by atoms with Crippen molar-refractivity contribution < 1.29 is 44.3 Å². The minimum Gasteiger partial charge on any atom is -0.352 e. The van der Waals surface area contributed by atoms with E-state index in [1.54, 1.807) is 65.4 Å². The van der Waals surface area contributed by atoms with Crippen LogP contribution >= 0.6 is 0 Å². The van der Waals surface area contributed by atoms with E-state index in [2.05, 4.69) is 5.32 Å². The second kappa shape index (κ2) is 14.0. The first-order chi connectivity index (χ1) is 21.1. The van der Waals surface area contributed by atoms with Gasteiger partial charge in [0.05, 0.1) is 11.1 Å². The van der Waals surface area contributed by atoms with E-state index in [0.717, 1.165) is 4.31 Å². The summed E-state index contributed by atoms with van der Waals surface area (Å²) in [4.78, 5) is 25.2. The van der Waals surface area contributed by atoms with Gasteiger partial charge in [-0.1, -0.05) is 48.5 Å². The van der Waals surface area contributed by atoms with Crippen LogP contribution in [-0.4, -0.2) is 37.6 Å². The van der Waals surface area contributed by atoms with Crippen LogP contribution in [-0.2, 0) is 29.1 Å². The second-order valence-corrected chi connectivity index (χ2v) is 12.6. The normalized spacial score (nSPS) is 17.6. The Hall–Kier alpha value is -3.91. The average Bonchev–Trinajstić information content (AvgIpc) is 3.00. The van der Waals surface area contributed by atoms with Crippen molar-refractivity contribution in [2.24, 2.45) is 11.8 Å². The maximum atomic E-state index is 13.4. The molecular weight excluding hydrogens is 624 g/mol. The van der Waals surface area contributed by atoms with Gasteiger partial charge in [0.1, 0.15) is 0 Å². The first kappa shape index (κ1) is 34.0. The first-order valence-electron chi connectivity index (χ1n) is 14.1. The van der Waals surface area contributed by atoms with Gasteiger partial charge in [-0.3, -0.25) is 9.59 Å². The summed E-state index contributed by atoms with van der Waals surface area (Å²) in [6.45, 7) is 0.212. The highest BCUT2D eigenvalue weighted by atomic mass is 32.2. The fraction of sp³-hybridized carbons (Fsp3) is 0.355. The predicted octanol–water partition coefficient (Wildman–Crippen LogP) is 6.44. The number of benzene rings is 3. The van der Waals surface area contributed by atoms with E-state index in [0.29, 0.717) is 43.4 Å². The third-order valence-corrected chi connectivity index (χ3v) is 9.03. The molecule has 0 bridgehead atoms. The highest BCUT2D eigenvalue weighted by Gasteiger charge is 2.38. The second-order valence-electron chi connectivity index (χ2n) is 11.0. The maximum absolute atomic E-state index is 13.4. The van der Waals surface area contributed by atoms with E-state index in [1.165, 1.54) is 0 Å². The molecule has 0 aromatic heterocycles. The number of nitrogens with one attached hydrogen (secondary N) is 2. The summed E-state index contributed by atoms with van der Waals surface area (Å²) in [6, 6.07) is 17.3. The van der Waals surface area contributed by atoms with Crippen LogP contribution in [0.2, 0.25) is 0 Å². The van der Waals surface area contributed by atoms with Crippen LogP contribution in [0.3, 0.4) is 0 Å². The Balaban J connectivity index is 1.46. The van der Waals surface area contributed by atoms with Crippen molar-refractivity contribution in [3.05, 3.63) is 107 Å². The fourth-order valence-corrected chi connectivity index (χ4v) is 6.40. The number of carbonyl (C=O) groups is 2. The molecule has 14 heteroatoms. The predicted molar refractivity (Wildman–Crippen MR) is 154 cm³/mol. The van der Waals surface area contributed by atoms with E-state index < -0.39 is 45.2 Å². The Morgan fingerprint density at radius 2 is 1.22 bits per heavy atom. The zero-order valence-electron chi connectivity index (χ0n) is 23.9. The molecule has 2 N–H and O–H groups in total. The van der Waals surface area contributed by atoms with E-state index >= 15 is 0 Å². The summed E-state index contributed by atoms with van der Waals surface area (Å²) in [5.41, 5.74) is -3.48. The molecule has 0 saturated heterocycles. The standard InChI is InChI=1S/C31H31F6N3O4S/c32-30(33,34)26-15-25(16-27(17-26)31(35,36)37)29(42)39-45(43,44)40(19-22-7-3-1-4-8-22)20-23-13-11-21(12-14-23)18-38-28(41)24-9-5-2-6-10-24/h1-10,15-17,21,23H,11-14,18-20H2,(H,38,41)(H,39,42). The lowest BCUT2D eigenvalue weighted by Gasteiger charge is -2.32. The van der Waals surface area contributed by atoms with Crippen molar-refractivity contribution in [2.45, 2.75) is 44.6 Å². The first-order valence-corrected chi connectivity index (χ1v) is 15.5. The van der Waals surface area contributed by atoms with Crippen LogP contribution in [0, 0.1) is 11.8 Å². The highest BCUT2D eigenvalue weighted by Crippen LogP contribution is 2.36. The number of halogens is 6. The Morgan fingerprint density at radius 3 is 1.76 bits per heavy atom. The number of nitrogens with zero attached hydrogens (tertiary/aromatic N) is 1. The molecule has 1 aliphatic carbocycles. The molecule has 3 aromatic rings. The van der Waals surface area contributed by atoms with Gasteiger partial charge in [0, 0.05) is 30.8 Å². The summed E-state index contributed by atoms with van der Waals surface area (Å²) in [5.74, 6) is -1.80. The van der Waals surface area contributed by atoms with Crippen LogP contribution in [0.25, 0.3) is 0 Å². The average molecular weight is 656 g/mol. The molecule has 0 aliphatic heterocycles. The van der Waals surface area contributed by atoms with E-state index in [1.807, 2.05) is 0 Å². The summed E-state index contributed by atoms with van der Waals surface area (Å²) in [6.07, 6.45) is -7.84. The number of hydrogen-bond acceptors (Lipinski definition) is 4. The van der Waals surface area contributed by atoms with Gasteiger partial charge in [0.15, 0.2) is 0 Å². The molecule has 0 atom stereocenters. The quantitative estimate of drug-likeness (QED) is 0.246. The van der Waals surface area contributed by atoms with Crippen LogP contribution in [0.4, 0.5) is 26.3 Å². The Bertz CT molecular complexity index is 1540. The van der Waals surface area contributed by atoms with Gasteiger partial charge >= 0.3 is 22.6 Å². The third-order valence-electron chi connectivity index (χ3n) is 7.63. The zero-order chi connectivity index (χ0) is 32.8. The summed E-state index contributed by atoms with van der Waals surface area (Å²) < 4.78 is 109.